The van der Waals surface area contributed by atoms with Gasteiger partial charge in [0.2, 0.25) is 0 Å². The van der Waals surface area contributed by atoms with Gasteiger partial charge in [-0.3, -0.25) is 0 Å². The first kappa shape index (κ1) is 15.8. The molecular formula is C17H24FN3. The van der Waals surface area contributed by atoms with Crippen molar-refractivity contribution in [3.8, 4) is 6.07 Å². The van der Waals surface area contributed by atoms with Crippen molar-refractivity contribution in [3.63, 3.8) is 0 Å². The number of likely N-dealkylation sites (tertiary alicyclic amines) is 1. The Labute approximate surface area is 126 Å². The van der Waals surface area contributed by atoms with E-state index in [2.05, 4.69) is 24.1 Å². The average molecular weight is 289 g/mol. The number of hydrogen-bond acceptors (Lipinski definition) is 3. The smallest absolute Gasteiger partial charge is 0.141 e. The largest absolute Gasteiger partial charge is 0.382 e. The second-order valence-electron chi connectivity index (χ2n) is 5.94. The minimum atomic E-state index is -0.456. The highest BCUT2D eigenvalue weighted by molar-refractivity contribution is 5.50. The highest BCUT2D eigenvalue weighted by atomic mass is 19.1. The number of benzene rings is 1. The third-order valence-corrected chi connectivity index (χ3v) is 4.27. The van der Waals surface area contributed by atoms with Crippen molar-refractivity contribution in [2.24, 2.45) is 5.92 Å². The Bertz CT molecular complexity index is 507. The first-order valence-electron chi connectivity index (χ1n) is 7.82. The topological polar surface area (TPSA) is 39.1 Å². The Morgan fingerprint density at radius 1 is 1.52 bits per heavy atom. The van der Waals surface area contributed by atoms with Gasteiger partial charge in [-0.15, -0.1) is 0 Å². The predicted octanol–water partition coefficient (Wildman–Crippen LogP) is 3.62. The van der Waals surface area contributed by atoms with Gasteiger partial charge < -0.3 is 10.2 Å². The van der Waals surface area contributed by atoms with Gasteiger partial charge in [-0.05, 0) is 63.4 Å². The summed E-state index contributed by atoms with van der Waals surface area (Å²) in [5, 5.41) is 12.3. The Kier molecular flexibility index (Phi) is 5.58. The minimum absolute atomic E-state index is 0.100. The summed E-state index contributed by atoms with van der Waals surface area (Å²) in [6.45, 7) is 7.88. The Morgan fingerprint density at radius 2 is 2.33 bits per heavy atom. The van der Waals surface area contributed by atoms with Crippen molar-refractivity contribution >= 4 is 5.69 Å². The van der Waals surface area contributed by atoms with Crippen molar-refractivity contribution < 1.29 is 4.39 Å². The van der Waals surface area contributed by atoms with E-state index in [9.17, 15) is 4.39 Å². The molecule has 0 spiro atoms. The first-order valence-corrected chi connectivity index (χ1v) is 7.82. The van der Waals surface area contributed by atoms with Crippen molar-refractivity contribution in [3.05, 3.63) is 29.6 Å². The molecule has 1 saturated heterocycles. The van der Waals surface area contributed by atoms with Gasteiger partial charge in [-0.25, -0.2) is 4.39 Å². The monoisotopic (exact) mass is 289 g/mol. The van der Waals surface area contributed by atoms with Crippen molar-refractivity contribution in [1.82, 2.24) is 4.90 Å². The molecule has 4 heteroatoms. The van der Waals surface area contributed by atoms with Crippen LogP contribution < -0.4 is 5.32 Å². The van der Waals surface area contributed by atoms with Crippen molar-refractivity contribution in [1.29, 1.82) is 5.26 Å². The highest BCUT2D eigenvalue weighted by Gasteiger charge is 2.24. The molecule has 1 fully saturated rings. The van der Waals surface area contributed by atoms with Crippen LogP contribution in [0.5, 0.6) is 0 Å². The van der Waals surface area contributed by atoms with E-state index in [0.717, 1.165) is 12.2 Å². The SMILES string of the molecule is CCCN1CCCC(C(C)Nc2ccc(F)c(C#N)c2)C1. The van der Waals surface area contributed by atoms with E-state index in [4.69, 9.17) is 5.26 Å². The molecule has 2 rings (SSSR count). The Balaban J connectivity index is 1.97. The average Bonchev–Trinajstić information content (AvgIpc) is 2.50. The van der Waals surface area contributed by atoms with Gasteiger partial charge in [0.25, 0.3) is 0 Å². The fourth-order valence-corrected chi connectivity index (χ4v) is 3.10. The lowest BCUT2D eigenvalue weighted by Gasteiger charge is -2.36. The number of hydrogen-bond donors (Lipinski definition) is 1. The van der Waals surface area contributed by atoms with E-state index in [0.29, 0.717) is 12.0 Å². The lowest BCUT2D eigenvalue weighted by molar-refractivity contribution is 0.165. The predicted molar refractivity (Wildman–Crippen MR) is 83.7 cm³/mol. The molecule has 114 valence electrons. The maximum Gasteiger partial charge on any atom is 0.141 e. The van der Waals surface area contributed by atoms with E-state index < -0.39 is 5.82 Å². The molecule has 0 aliphatic carbocycles. The summed E-state index contributed by atoms with van der Waals surface area (Å²) in [6.07, 6.45) is 3.66. The van der Waals surface area contributed by atoms with Crippen LogP contribution in [0.15, 0.2) is 18.2 Å². The molecule has 1 aromatic carbocycles. The number of halogens is 1. The molecule has 0 saturated carbocycles. The lowest BCUT2D eigenvalue weighted by atomic mass is 9.91. The molecular weight excluding hydrogens is 265 g/mol. The number of piperidine rings is 1. The molecule has 0 aromatic heterocycles. The summed E-state index contributed by atoms with van der Waals surface area (Å²) in [7, 11) is 0. The van der Waals surface area contributed by atoms with E-state index in [-0.39, 0.29) is 5.56 Å². The zero-order valence-electron chi connectivity index (χ0n) is 12.9. The van der Waals surface area contributed by atoms with Gasteiger partial charge in [0.15, 0.2) is 0 Å². The summed E-state index contributed by atoms with van der Waals surface area (Å²) in [5.41, 5.74) is 0.927. The maximum atomic E-state index is 13.3. The molecule has 1 aliphatic rings. The first-order chi connectivity index (χ1) is 10.1. The summed E-state index contributed by atoms with van der Waals surface area (Å²) in [5.74, 6) is 0.142. The molecule has 1 heterocycles. The molecule has 2 unspecified atom stereocenters. The van der Waals surface area contributed by atoms with Gasteiger partial charge in [-0.1, -0.05) is 6.92 Å². The van der Waals surface area contributed by atoms with Crippen molar-refractivity contribution in [2.75, 3.05) is 25.0 Å². The van der Waals surface area contributed by atoms with Crippen LogP contribution in [-0.4, -0.2) is 30.6 Å². The van der Waals surface area contributed by atoms with E-state index >= 15 is 0 Å². The molecule has 1 N–H and O–H groups in total. The van der Waals surface area contributed by atoms with Crippen LogP contribution in [0.1, 0.15) is 38.7 Å². The summed E-state index contributed by atoms with van der Waals surface area (Å²) >= 11 is 0. The fourth-order valence-electron chi connectivity index (χ4n) is 3.10. The van der Waals surface area contributed by atoms with Crippen LogP contribution in [-0.2, 0) is 0 Å². The Morgan fingerprint density at radius 3 is 3.05 bits per heavy atom. The number of anilines is 1. The highest BCUT2D eigenvalue weighted by Crippen LogP contribution is 2.23. The summed E-state index contributed by atoms with van der Waals surface area (Å²) < 4.78 is 13.3. The molecule has 3 nitrogen and oxygen atoms in total. The molecule has 21 heavy (non-hydrogen) atoms. The molecule has 2 atom stereocenters. The Hall–Kier alpha value is -1.60. The summed E-state index contributed by atoms with van der Waals surface area (Å²) in [4.78, 5) is 2.53. The fraction of sp³-hybridized carbons (Fsp3) is 0.588. The second-order valence-corrected chi connectivity index (χ2v) is 5.94. The molecule has 0 radical (unpaired) electrons. The van der Waals surface area contributed by atoms with Crippen LogP contribution in [0.2, 0.25) is 0 Å². The van der Waals surface area contributed by atoms with Gasteiger partial charge in [0.1, 0.15) is 11.9 Å². The van der Waals surface area contributed by atoms with Gasteiger partial charge in [0.05, 0.1) is 5.56 Å². The number of nitrogens with zero attached hydrogens (tertiary/aromatic N) is 2. The summed E-state index contributed by atoms with van der Waals surface area (Å²) in [6, 6.07) is 6.87. The molecule has 1 aromatic rings. The van der Waals surface area contributed by atoms with Crippen LogP contribution in [0.3, 0.4) is 0 Å². The minimum Gasteiger partial charge on any atom is -0.382 e. The van der Waals surface area contributed by atoms with Gasteiger partial charge >= 0.3 is 0 Å². The van der Waals surface area contributed by atoms with Gasteiger partial charge in [0, 0.05) is 18.3 Å². The third-order valence-electron chi connectivity index (χ3n) is 4.27. The number of rotatable bonds is 5. The normalized spacial score (nSPS) is 20.8. The quantitative estimate of drug-likeness (QED) is 0.900. The molecule has 1 aliphatic heterocycles. The van der Waals surface area contributed by atoms with Gasteiger partial charge in [-0.2, -0.15) is 5.26 Å². The van der Waals surface area contributed by atoms with Crippen LogP contribution in [0.25, 0.3) is 0 Å². The zero-order chi connectivity index (χ0) is 15.2. The second kappa shape index (κ2) is 7.42. The maximum absolute atomic E-state index is 13.3. The third kappa shape index (κ3) is 4.18. The van der Waals surface area contributed by atoms with Crippen LogP contribution in [0, 0.1) is 23.1 Å². The molecule has 0 bridgehead atoms. The van der Waals surface area contributed by atoms with E-state index in [1.807, 2.05) is 6.07 Å². The lowest BCUT2D eigenvalue weighted by Crippen LogP contribution is -2.42. The molecule has 0 amide bonds. The standard InChI is InChI=1S/C17H24FN3/c1-3-8-21-9-4-5-14(12-21)13(2)20-16-6-7-17(18)15(10-16)11-19/h6-7,10,13-14,20H,3-5,8-9,12H2,1-2H3. The van der Waals surface area contributed by atoms with Crippen LogP contribution >= 0.6 is 0 Å². The zero-order valence-corrected chi connectivity index (χ0v) is 12.9. The van der Waals surface area contributed by atoms with E-state index in [1.54, 1.807) is 12.1 Å². The van der Waals surface area contributed by atoms with Crippen molar-refractivity contribution in [2.45, 2.75) is 39.2 Å². The number of nitrogens with one attached hydrogen (secondary N) is 1. The van der Waals surface area contributed by atoms with E-state index in [1.165, 1.54) is 38.4 Å². The van der Waals surface area contributed by atoms with Crippen LogP contribution in [0.4, 0.5) is 10.1 Å². The number of nitriles is 1.